The van der Waals surface area contributed by atoms with Crippen molar-refractivity contribution in [3.05, 3.63) is 70.4 Å². The molecule has 0 saturated carbocycles. The van der Waals surface area contributed by atoms with E-state index in [0.717, 1.165) is 43.4 Å². The number of amides is 1. The summed E-state index contributed by atoms with van der Waals surface area (Å²) in [5.74, 6) is 1.17. The van der Waals surface area contributed by atoms with Crippen LogP contribution in [0.15, 0.2) is 53.5 Å². The number of aryl methyl sites for hydroxylation is 1. The predicted octanol–water partition coefficient (Wildman–Crippen LogP) is 3.34. The van der Waals surface area contributed by atoms with Gasteiger partial charge in [-0.2, -0.15) is 0 Å². The standard InChI is InChI=1S/C25H26N4O3/c30-24(26-12-11-17-15-27-21-7-4-3-6-19(17)21)16-32-18-9-10-22-20(14-18)25(31)29-13-5-1-2-8-23(29)28-22/h3-4,6-7,9-10,14-15,27H,1-2,5,8,11-13,16H2,(H,26,30). The van der Waals surface area contributed by atoms with E-state index in [4.69, 9.17) is 4.74 Å². The van der Waals surface area contributed by atoms with Crippen molar-refractivity contribution < 1.29 is 9.53 Å². The summed E-state index contributed by atoms with van der Waals surface area (Å²) in [5, 5.41) is 4.60. The molecule has 1 amide bonds. The molecule has 0 unspecified atom stereocenters. The Hall–Kier alpha value is -3.61. The minimum Gasteiger partial charge on any atom is -0.484 e. The van der Waals surface area contributed by atoms with Gasteiger partial charge in [0.2, 0.25) is 0 Å². The van der Waals surface area contributed by atoms with E-state index in [-0.39, 0.29) is 18.1 Å². The number of fused-ring (bicyclic) bond motifs is 3. The second-order valence-electron chi connectivity index (χ2n) is 8.22. The quantitative estimate of drug-likeness (QED) is 0.491. The van der Waals surface area contributed by atoms with Crippen molar-refractivity contribution in [3.8, 4) is 5.75 Å². The zero-order valence-corrected chi connectivity index (χ0v) is 17.9. The van der Waals surface area contributed by atoms with Crippen molar-refractivity contribution in [1.82, 2.24) is 19.9 Å². The second-order valence-corrected chi connectivity index (χ2v) is 8.22. The van der Waals surface area contributed by atoms with Crippen molar-refractivity contribution in [2.75, 3.05) is 13.2 Å². The van der Waals surface area contributed by atoms with E-state index >= 15 is 0 Å². The molecule has 7 nitrogen and oxygen atoms in total. The van der Waals surface area contributed by atoms with Crippen LogP contribution in [0, 0.1) is 0 Å². The van der Waals surface area contributed by atoms with Gasteiger partial charge >= 0.3 is 0 Å². The van der Waals surface area contributed by atoms with Crippen molar-refractivity contribution in [2.24, 2.45) is 0 Å². The number of carbonyl (C=O) groups excluding carboxylic acids is 1. The fourth-order valence-electron chi connectivity index (χ4n) is 4.36. The summed E-state index contributed by atoms with van der Waals surface area (Å²) in [6.07, 6.45) is 6.73. The highest BCUT2D eigenvalue weighted by atomic mass is 16.5. The molecule has 0 bridgehead atoms. The third-order valence-corrected chi connectivity index (χ3v) is 6.05. The molecular weight excluding hydrogens is 404 g/mol. The van der Waals surface area contributed by atoms with E-state index in [1.165, 1.54) is 10.9 Å². The van der Waals surface area contributed by atoms with E-state index in [1.54, 1.807) is 22.8 Å². The first-order chi connectivity index (χ1) is 15.7. The highest BCUT2D eigenvalue weighted by Crippen LogP contribution is 2.20. The third kappa shape index (κ3) is 4.10. The average molecular weight is 431 g/mol. The molecule has 164 valence electrons. The number of hydrogen-bond donors (Lipinski definition) is 2. The first-order valence-electron chi connectivity index (χ1n) is 11.2. The lowest BCUT2D eigenvalue weighted by molar-refractivity contribution is -0.123. The number of H-pyrrole nitrogens is 1. The maximum atomic E-state index is 12.9. The number of aromatic nitrogens is 3. The Morgan fingerprint density at radius 2 is 2.03 bits per heavy atom. The number of ether oxygens (including phenoxy) is 1. The summed E-state index contributed by atoms with van der Waals surface area (Å²) < 4.78 is 7.45. The first kappa shape index (κ1) is 20.3. The summed E-state index contributed by atoms with van der Waals surface area (Å²) >= 11 is 0. The molecule has 4 aromatic rings. The molecule has 0 aliphatic carbocycles. The van der Waals surface area contributed by atoms with Crippen LogP contribution in [-0.2, 0) is 24.2 Å². The molecule has 0 atom stereocenters. The fourth-order valence-corrected chi connectivity index (χ4v) is 4.36. The Morgan fingerprint density at radius 3 is 2.97 bits per heavy atom. The van der Waals surface area contributed by atoms with E-state index < -0.39 is 0 Å². The van der Waals surface area contributed by atoms with Crippen LogP contribution in [0.1, 0.15) is 30.7 Å². The zero-order valence-electron chi connectivity index (χ0n) is 17.9. The van der Waals surface area contributed by atoms with Crippen LogP contribution in [0.5, 0.6) is 5.75 Å². The molecule has 3 heterocycles. The predicted molar refractivity (Wildman–Crippen MR) is 124 cm³/mol. The molecule has 7 heteroatoms. The Balaban J connectivity index is 1.20. The lowest BCUT2D eigenvalue weighted by Gasteiger charge is -2.11. The summed E-state index contributed by atoms with van der Waals surface area (Å²) in [7, 11) is 0. The van der Waals surface area contributed by atoms with Crippen LogP contribution in [-0.4, -0.2) is 33.6 Å². The molecule has 0 radical (unpaired) electrons. The van der Waals surface area contributed by atoms with Gasteiger partial charge in [0.25, 0.3) is 11.5 Å². The Morgan fingerprint density at radius 1 is 1.12 bits per heavy atom. The molecule has 1 aliphatic heterocycles. The number of nitrogens with one attached hydrogen (secondary N) is 2. The molecule has 0 spiro atoms. The number of hydrogen-bond acceptors (Lipinski definition) is 4. The van der Waals surface area contributed by atoms with Gasteiger partial charge in [-0.1, -0.05) is 24.6 Å². The molecule has 5 rings (SSSR count). The topological polar surface area (TPSA) is 89.0 Å². The van der Waals surface area contributed by atoms with E-state index in [9.17, 15) is 9.59 Å². The van der Waals surface area contributed by atoms with Gasteiger partial charge in [-0.15, -0.1) is 0 Å². The maximum absolute atomic E-state index is 12.9. The summed E-state index contributed by atoms with van der Waals surface area (Å²) in [6.45, 7) is 1.14. The molecule has 32 heavy (non-hydrogen) atoms. The Kier molecular flexibility index (Phi) is 5.62. The largest absolute Gasteiger partial charge is 0.484 e. The lowest BCUT2D eigenvalue weighted by Crippen LogP contribution is -2.30. The van der Waals surface area contributed by atoms with Crippen molar-refractivity contribution in [2.45, 2.75) is 38.6 Å². The third-order valence-electron chi connectivity index (χ3n) is 6.05. The van der Waals surface area contributed by atoms with Gasteiger partial charge in [0.15, 0.2) is 6.61 Å². The minimum absolute atomic E-state index is 0.0273. The molecular formula is C25H26N4O3. The molecule has 0 saturated heterocycles. The number of aromatic amines is 1. The smallest absolute Gasteiger partial charge is 0.261 e. The normalized spacial score (nSPS) is 13.6. The Labute approximate surface area is 185 Å². The van der Waals surface area contributed by atoms with Crippen LogP contribution in [0.4, 0.5) is 0 Å². The number of nitrogens with zero attached hydrogens (tertiary/aromatic N) is 2. The number of rotatable bonds is 6. The van der Waals surface area contributed by atoms with Crippen LogP contribution in [0.25, 0.3) is 21.8 Å². The molecule has 0 fully saturated rings. The zero-order chi connectivity index (χ0) is 21.9. The van der Waals surface area contributed by atoms with Crippen molar-refractivity contribution in [1.29, 1.82) is 0 Å². The van der Waals surface area contributed by atoms with Crippen LogP contribution in [0.2, 0.25) is 0 Å². The number of benzene rings is 2. The van der Waals surface area contributed by atoms with Gasteiger partial charge in [-0.3, -0.25) is 14.2 Å². The first-order valence-corrected chi connectivity index (χ1v) is 11.2. The average Bonchev–Trinajstić information content (AvgIpc) is 3.07. The molecule has 2 N–H and O–H groups in total. The molecule has 1 aliphatic rings. The summed E-state index contributed by atoms with van der Waals surface area (Å²) in [6, 6.07) is 13.4. The molecule has 2 aromatic carbocycles. The van der Waals surface area contributed by atoms with E-state index in [2.05, 4.69) is 21.4 Å². The van der Waals surface area contributed by atoms with E-state index in [1.807, 2.05) is 24.4 Å². The minimum atomic E-state index is -0.193. The van der Waals surface area contributed by atoms with Crippen molar-refractivity contribution >= 4 is 27.7 Å². The summed E-state index contributed by atoms with van der Waals surface area (Å²) in [5.41, 5.74) is 2.92. The maximum Gasteiger partial charge on any atom is 0.261 e. The summed E-state index contributed by atoms with van der Waals surface area (Å²) in [4.78, 5) is 33.1. The SMILES string of the molecule is O=C(COc1ccc2nc3n(c(=O)c2c1)CCCCC3)NCCc1c[nH]c2ccccc12. The van der Waals surface area contributed by atoms with Crippen molar-refractivity contribution in [3.63, 3.8) is 0 Å². The van der Waals surface area contributed by atoms with Gasteiger partial charge in [0.1, 0.15) is 11.6 Å². The lowest BCUT2D eigenvalue weighted by atomic mass is 10.1. The highest BCUT2D eigenvalue weighted by molar-refractivity contribution is 5.83. The van der Waals surface area contributed by atoms with Gasteiger partial charge in [-0.05, 0) is 49.1 Å². The molecule has 2 aromatic heterocycles. The van der Waals surface area contributed by atoms with E-state index in [0.29, 0.717) is 29.7 Å². The Bertz CT molecular complexity index is 1340. The van der Waals surface area contributed by atoms with Crippen LogP contribution in [0.3, 0.4) is 0 Å². The van der Waals surface area contributed by atoms with Gasteiger partial charge in [0.05, 0.1) is 10.9 Å². The monoisotopic (exact) mass is 430 g/mol. The fraction of sp³-hybridized carbons (Fsp3) is 0.320. The number of carbonyl (C=O) groups is 1. The van der Waals surface area contributed by atoms with Gasteiger partial charge in [0, 0.05) is 36.6 Å². The second kappa shape index (κ2) is 8.86. The van der Waals surface area contributed by atoms with Crippen LogP contribution >= 0.6 is 0 Å². The van der Waals surface area contributed by atoms with Crippen LogP contribution < -0.4 is 15.6 Å². The van der Waals surface area contributed by atoms with Gasteiger partial charge < -0.3 is 15.0 Å². The number of para-hydroxylation sites is 1. The highest BCUT2D eigenvalue weighted by Gasteiger charge is 2.14. The van der Waals surface area contributed by atoms with Gasteiger partial charge in [-0.25, -0.2) is 4.98 Å².